The van der Waals surface area contributed by atoms with Crippen LogP contribution in [0.15, 0.2) is 18.2 Å². The predicted molar refractivity (Wildman–Crippen MR) is 89.3 cm³/mol. The lowest BCUT2D eigenvalue weighted by Gasteiger charge is -2.52. The van der Waals surface area contributed by atoms with Gasteiger partial charge in [0.2, 0.25) is 0 Å². The van der Waals surface area contributed by atoms with E-state index in [1.807, 2.05) is 0 Å². The summed E-state index contributed by atoms with van der Waals surface area (Å²) in [5.74, 6) is -1.34. The average molecular weight is 348 g/mol. The second kappa shape index (κ2) is 4.99. The third kappa shape index (κ3) is 1.99. The average Bonchev–Trinajstić information content (AvgIpc) is 3.24. The standard InChI is InChI=1S/C18H18F2N2OS/c19-12-2-1-11-9-13(24-15(11)14(12)20)17(23)21-16-10-3-7-22(8-4-10)18(16)5-6-18/h1-2,9-10,16H,3-8H2,(H,21,23)/t16-/m1/s1. The Hall–Kier alpha value is -1.53. The van der Waals surface area contributed by atoms with Crippen LogP contribution in [-0.4, -0.2) is 35.5 Å². The molecule has 0 radical (unpaired) electrons. The highest BCUT2D eigenvalue weighted by Crippen LogP contribution is 2.53. The van der Waals surface area contributed by atoms with Crippen molar-refractivity contribution in [2.75, 3.05) is 13.1 Å². The van der Waals surface area contributed by atoms with Crippen molar-refractivity contribution in [2.24, 2.45) is 5.92 Å². The number of amides is 1. The molecule has 1 aliphatic carbocycles. The van der Waals surface area contributed by atoms with Gasteiger partial charge in [0.15, 0.2) is 11.6 Å². The molecular weight excluding hydrogens is 330 g/mol. The van der Waals surface area contributed by atoms with Gasteiger partial charge in [0.1, 0.15) is 0 Å². The molecule has 4 fully saturated rings. The first-order chi connectivity index (χ1) is 11.6. The fraction of sp³-hybridized carbons (Fsp3) is 0.500. The van der Waals surface area contributed by atoms with Crippen molar-refractivity contribution in [3.8, 4) is 0 Å². The summed E-state index contributed by atoms with van der Waals surface area (Å²) in [5, 5.41) is 3.81. The molecule has 6 heteroatoms. The van der Waals surface area contributed by atoms with Crippen molar-refractivity contribution in [3.05, 3.63) is 34.7 Å². The lowest BCUT2D eigenvalue weighted by atomic mass is 9.77. The zero-order valence-electron chi connectivity index (χ0n) is 13.1. The third-order valence-electron chi connectivity index (χ3n) is 6.07. The van der Waals surface area contributed by atoms with Gasteiger partial charge in [0.05, 0.1) is 15.6 Å². The number of fused-ring (bicyclic) bond motifs is 3. The molecule has 3 saturated heterocycles. The number of nitrogens with one attached hydrogen (secondary N) is 1. The smallest absolute Gasteiger partial charge is 0.261 e. The number of carbonyl (C=O) groups excluding carboxylic acids is 1. The summed E-state index contributed by atoms with van der Waals surface area (Å²) < 4.78 is 27.5. The SMILES string of the molecule is O=C(N[C@@H]1C2CCN(CC2)C12CC2)c1cc2ccc(F)c(F)c2s1. The van der Waals surface area contributed by atoms with E-state index in [0.29, 0.717) is 16.2 Å². The second-order valence-corrected chi connectivity index (χ2v) is 8.32. The van der Waals surface area contributed by atoms with Gasteiger partial charge in [-0.1, -0.05) is 6.07 Å². The van der Waals surface area contributed by atoms with E-state index in [4.69, 9.17) is 0 Å². The number of carbonyl (C=O) groups is 1. The van der Waals surface area contributed by atoms with Gasteiger partial charge in [-0.25, -0.2) is 8.78 Å². The number of hydrogen-bond acceptors (Lipinski definition) is 3. The van der Waals surface area contributed by atoms with E-state index in [-0.39, 0.29) is 22.2 Å². The molecule has 2 bridgehead atoms. The van der Waals surface area contributed by atoms with Crippen molar-refractivity contribution in [1.29, 1.82) is 0 Å². The molecule has 1 spiro atoms. The molecule has 3 nitrogen and oxygen atoms in total. The van der Waals surface area contributed by atoms with Gasteiger partial charge in [0.25, 0.3) is 5.91 Å². The maximum atomic E-state index is 13.9. The minimum Gasteiger partial charge on any atom is -0.346 e. The Morgan fingerprint density at radius 3 is 2.71 bits per heavy atom. The number of nitrogens with zero attached hydrogens (tertiary/aromatic N) is 1. The molecule has 4 aliphatic rings. The molecule has 3 aliphatic heterocycles. The Morgan fingerprint density at radius 2 is 2.00 bits per heavy atom. The zero-order chi connectivity index (χ0) is 16.5. The van der Waals surface area contributed by atoms with Crippen LogP contribution in [-0.2, 0) is 0 Å². The zero-order valence-corrected chi connectivity index (χ0v) is 14.0. The van der Waals surface area contributed by atoms with E-state index in [2.05, 4.69) is 10.2 Å². The van der Waals surface area contributed by atoms with Crippen molar-refractivity contribution >= 4 is 27.3 Å². The molecule has 24 heavy (non-hydrogen) atoms. The van der Waals surface area contributed by atoms with Crippen LogP contribution in [0.1, 0.15) is 35.4 Å². The normalized spacial score (nSPS) is 30.0. The summed E-state index contributed by atoms with van der Waals surface area (Å²) in [4.78, 5) is 15.7. The summed E-state index contributed by atoms with van der Waals surface area (Å²) >= 11 is 1.03. The number of piperidine rings is 3. The van der Waals surface area contributed by atoms with Gasteiger partial charge >= 0.3 is 0 Å². The third-order valence-corrected chi connectivity index (χ3v) is 7.21. The summed E-state index contributed by atoms with van der Waals surface area (Å²) in [6.45, 7) is 2.29. The Bertz CT molecular complexity index is 837. The quantitative estimate of drug-likeness (QED) is 0.900. The van der Waals surface area contributed by atoms with Gasteiger partial charge in [-0.2, -0.15) is 0 Å². The van der Waals surface area contributed by atoms with Crippen LogP contribution in [0.25, 0.3) is 10.1 Å². The Morgan fingerprint density at radius 1 is 1.25 bits per heavy atom. The molecule has 1 N–H and O–H groups in total. The monoisotopic (exact) mass is 348 g/mol. The van der Waals surface area contributed by atoms with Crippen LogP contribution in [0.4, 0.5) is 8.78 Å². The van der Waals surface area contributed by atoms with Gasteiger partial charge in [-0.15, -0.1) is 11.3 Å². The molecule has 1 amide bonds. The predicted octanol–water partition coefficient (Wildman–Crippen LogP) is 3.54. The van der Waals surface area contributed by atoms with Crippen LogP contribution in [0.5, 0.6) is 0 Å². The maximum absolute atomic E-state index is 13.9. The number of benzene rings is 1. The van der Waals surface area contributed by atoms with Gasteiger partial charge < -0.3 is 5.32 Å². The summed E-state index contributed by atoms with van der Waals surface area (Å²) in [7, 11) is 0. The molecule has 1 saturated carbocycles. The van der Waals surface area contributed by atoms with Crippen LogP contribution >= 0.6 is 11.3 Å². The lowest BCUT2D eigenvalue weighted by molar-refractivity contribution is -0.00138. The van der Waals surface area contributed by atoms with Crippen molar-refractivity contribution < 1.29 is 13.6 Å². The highest BCUT2D eigenvalue weighted by molar-refractivity contribution is 7.20. The van der Waals surface area contributed by atoms with E-state index in [9.17, 15) is 13.6 Å². The molecule has 126 valence electrons. The van der Waals surface area contributed by atoms with Crippen molar-refractivity contribution in [2.45, 2.75) is 37.3 Å². The number of thiophene rings is 1. The molecule has 1 aromatic carbocycles. The summed E-state index contributed by atoms with van der Waals surface area (Å²) in [6.07, 6.45) is 4.58. The molecule has 0 unspecified atom stereocenters. The fourth-order valence-corrected chi connectivity index (χ4v) is 5.68. The summed E-state index contributed by atoms with van der Waals surface area (Å²) in [6, 6.07) is 4.49. The van der Waals surface area contributed by atoms with Crippen molar-refractivity contribution in [3.63, 3.8) is 0 Å². The van der Waals surface area contributed by atoms with E-state index in [1.165, 1.54) is 6.07 Å². The van der Waals surface area contributed by atoms with Crippen LogP contribution in [0.3, 0.4) is 0 Å². The van der Waals surface area contributed by atoms with Gasteiger partial charge in [-0.05, 0) is 62.2 Å². The Balaban J connectivity index is 1.44. The largest absolute Gasteiger partial charge is 0.346 e. The van der Waals surface area contributed by atoms with Crippen LogP contribution < -0.4 is 5.32 Å². The number of rotatable bonds is 2. The van der Waals surface area contributed by atoms with E-state index in [1.54, 1.807) is 6.07 Å². The van der Waals surface area contributed by atoms with E-state index < -0.39 is 11.6 Å². The fourth-order valence-electron chi connectivity index (χ4n) is 4.69. The van der Waals surface area contributed by atoms with Crippen LogP contribution in [0.2, 0.25) is 0 Å². The van der Waals surface area contributed by atoms with Crippen LogP contribution in [0, 0.1) is 17.6 Å². The second-order valence-electron chi connectivity index (χ2n) is 7.27. The summed E-state index contributed by atoms with van der Waals surface area (Å²) in [5.41, 5.74) is 0.171. The maximum Gasteiger partial charge on any atom is 0.261 e. The molecule has 2 aromatic rings. The lowest BCUT2D eigenvalue weighted by Crippen LogP contribution is -2.65. The minimum absolute atomic E-state index is 0.152. The molecule has 1 atom stereocenters. The first kappa shape index (κ1) is 14.8. The topological polar surface area (TPSA) is 32.3 Å². The Kier molecular flexibility index (Phi) is 3.07. The van der Waals surface area contributed by atoms with Gasteiger partial charge in [0, 0.05) is 5.54 Å². The van der Waals surface area contributed by atoms with E-state index in [0.717, 1.165) is 56.2 Å². The first-order valence-electron chi connectivity index (χ1n) is 8.52. The number of hydrogen-bond donors (Lipinski definition) is 1. The minimum atomic E-state index is -0.870. The number of halogens is 2. The molecule has 1 aromatic heterocycles. The molecule has 4 heterocycles. The Labute approximate surface area is 142 Å². The highest BCUT2D eigenvalue weighted by Gasteiger charge is 2.60. The molecule has 6 rings (SSSR count). The van der Waals surface area contributed by atoms with Gasteiger partial charge in [-0.3, -0.25) is 9.69 Å². The highest BCUT2D eigenvalue weighted by atomic mass is 32.1. The first-order valence-corrected chi connectivity index (χ1v) is 9.34. The van der Waals surface area contributed by atoms with E-state index >= 15 is 0 Å². The molecular formula is C18H18F2N2OS. The van der Waals surface area contributed by atoms with Crippen molar-refractivity contribution in [1.82, 2.24) is 10.2 Å².